The maximum Gasteiger partial charge on any atom is 0.244 e. The van der Waals surface area contributed by atoms with Gasteiger partial charge in [0.1, 0.15) is 17.4 Å². The van der Waals surface area contributed by atoms with E-state index in [1.807, 2.05) is 6.92 Å². The first-order chi connectivity index (χ1) is 8.42. The number of nitriles is 1. The number of anilines is 1. The van der Waals surface area contributed by atoms with E-state index in [-0.39, 0.29) is 17.2 Å². The van der Waals surface area contributed by atoms with E-state index in [0.717, 1.165) is 0 Å². The second-order valence-electron chi connectivity index (χ2n) is 4.38. The minimum atomic E-state index is -0.784. The van der Waals surface area contributed by atoms with Crippen LogP contribution >= 0.6 is 0 Å². The van der Waals surface area contributed by atoms with Crippen molar-refractivity contribution in [3.63, 3.8) is 0 Å². The van der Waals surface area contributed by atoms with Gasteiger partial charge < -0.3 is 10.6 Å². The van der Waals surface area contributed by atoms with Crippen molar-refractivity contribution in [2.24, 2.45) is 0 Å². The summed E-state index contributed by atoms with van der Waals surface area (Å²) in [4.78, 5) is 12.0. The fraction of sp³-hybridized carbons (Fsp3) is 0.385. The molecule has 0 aliphatic heterocycles. The summed E-state index contributed by atoms with van der Waals surface area (Å²) < 4.78 is 13.4. The van der Waals surface area contributed by atoms with Gasteiger partial charge in [0.2, 0.25) is 5.91 Å². The van der Waals surface area contributed by atoms with Gasteiger partial charge in [0, 0.05) is 0 Å². The average Bonchev–Trinajstić information content (AvgIpc) is 2.29. The molecule has 1 rings (SSSR count). The van der Waals surface area contributed by atoms with E-state index >= 15 is 0 Å². The summed E-state index contributed by atoms with van der Waals surface area (Å²) in [6.07, 6.45) is 0. The monoisotopic (exact) mass is 249 g/mol. The lowest BCUT2D eigenvalue weighted by atomic mass is 10.0. The number of amides is 1. The minimum absolute atomic E-state index is 0.154. The molecule has 0 spiro atoms. The number of rotatable bonds is 4. The van der Waals surface area contributed by atoms with Crippen molar-refractivity contribution in [3.8, 4) is 6.07 Å². The van der Waals surface area contributed by atoms with Crippen LogP contribution in [0.1, 0.15) is 26.3 Å². The topological polar surface area (TPSA) is 64.9 Å². The van der Waals surface area contributed by atoms with Crippen LogP contribution in [-0.2, 0) is 4.79 Å². The third kappa shape index (κ3) is 3.05. The third-order valence-electron chi connectivity index (χ3n) is 2.56. The Balaban J connectivity index is 2.96. The maximum absolute atomic E-state index is 13.4. The molecule has 4 nitrogen and oxygen atoms in total. The molecule has 0 aliphatic carbocycles. The van der Waals surface area contributed by atoms with E-state index in [2.05, 4.69) is 10.6 Å². The molecule has 0 radical (unpaired) electrons. The number of nitrogens with one attached hydrogen (secondary N) is 2. The van der Waals surface area contributed by atoms with E-state index in [9.17, 15) is 9.18 Å². The van der Waals surface area contributed by atoms with Gasteiger partial charge in [-0.15, -0.1) is 0 Å². The third-order valence-corrected chi connectivity index (χ3v) is 2.56. The molecule has 0 bridgehead atoms. The number of carbonyl (C=O) groups is 1. The highest BCUT2D eigenvalue weighted by molar-refractivity contribution is 5.98. The lowest BCUT2D eigenvalue weighted by Gasteiger charge is -2.24. The molecule has 1 aromatic rings. The summed E-state index contributed by atoms with van der Waals surface area (Å²) in [7, 11) is 0. The number of benzene rings is 1. The van der Waals surface area contributed by atoms with Crippen LogP contribution in [0.2, 0.25) is 0 Å². The fourth-order valence-corrected chi connectivity index (χ4v) is 1.54. The van der Waals surface area contributed by atoms with Gasteiger partial charge in [0.15, 0.2) is 0 Å². The Labute approximate surface area is 106 Å². The molecule has 0 heterocycles. The molecule has 0 fully saturated rings. The summed E-state index contributed by atoms with van der Waals surface area (Å²) in [6.45, 7) is 5.96. The van der Waals surface area contributed by atoms with Crippen molar-refractivity contribution >= 4 is 11.6 Å². The molecule has 5 heteroatoms. The van der Waals surface area contributed by atoms with Gasteiger partial charge in [-0.1, -0.05) is 13.0 Å². The molecule has 0 saturated heterocycles. The first kappa shape index (κ1) is 14.1. The molecule has 0 aromatic heterocycles. The number of carbonyl (C=O) groups excluding carboxylic acids is 1. The van der Waals surface area contributed by atoms with E-state index < -0.39 is 11.4 Å². The predicted molar refractivity (Wildman–Crippen MR) is 67.5 cm³/mol. The second kappa shape index (κ2) is 5.61. The van der Waals surface area contributed by atoms with Gasteiger partial charge >= 0.3 is 0 Å². The lowest BCUT2D eigenvalue weighted by Crippen LogP contribution is -2.49. The van der Waals surface area contributed by atoms with Crippen molar-refractivity contribution in [2.75, 3.05) is 11.9 Å². The number of likely N-dealkylation sites (N-methyl/N-ethyl adjacent to an activating group) is 1. The first-order valence-electron chi connectivity index (χ1n) is 5.67. The molecule has 2 N–H and O–H groups in total. The quantitative estimate of drug-likeness (QED) is 0.858. The standard InChI is InChI=1S/C13H16FN3O/c1-4-16-13(2,3)12(18)17-11-7-5-6-10(14)9(11)8-15/h5-7,16H,4H2,1-3H3,(H,17,18). The minimum Gasteiger partial charge on any atom is -0.323 e. The van der Waals surface area contributed by atoms with Crippen LogP contribution in [0.5, 0.6) is 0 Å². The zero-order valence-electron chi connectivity index (χ0n) is 10.7. The molecular weight excluding hydrogens is 233 g/mol. The van der Waals surface area contributed by atoms with Crippen molar-refractivity contribution in [2.45, 2.75) is 26.3 Å². The Morgan fingerprint density at radius 3 is 2.72 bits per heavy atom. The zero-order valence-corrected chi connectivity index (χ0v) is 10.7. The van der Waals surface area contributed by atoms with Crippen LogP contribution in [-0.4, -0.2) is 18.0 Å². The Kier molecular flexibility index (Phi) is 4.40. The molecule has 96 valence electrons. The molecule has 1 aromatic carbocycles. The summed E-state index contributed by atoms with van der Waals surface area (Å²) in [5.74, 6) is -0.956. The smallest absolute Gasteiger partial charge is 0.244 e. The Bertz CT molecular complexity index is 491. The summed E-state index contributed by atoms with van der Waals surface area (Å²) in [5, 5.41) is 14.4. The van der Waals surface area contributed by atoms with Crippen LogP contribution < -0.4 is 10.6 Å². The van der Waals surface area contributed by atoms with Crippen molar-refractivity contribution < 1.29 is 9.18 Å². The van der Waals surface area contributed by atoms with Gasteiger partial charge in [-0.25, -0.2) is 4.39 Å². The largest absolute Gasteiger partial charge is 0.323 e. The summed E-state index contributed by atoms with van der Waals surface area (Å²) in [5.41, 5.74) is -0.750. The van der Waals surface area contributed by atoms with Crippen molar-refractivity contribution in [3.05, 3.63) is 29.6 Å². The SMILES string of the molecule is CCNC(C)(C)C(=O)Nc1cccc(F)c1C#N. The summed E-state index contributed by atoms with van der Waals surface area (Å²) >= 11 is 0. The average molecular weight is 249 g/mol. The van der Waals surface area contributed by atoms with E-state index in [1.165, 1.54) is 18.2 Å². The molecule has 0 atom stereocenters. The molecule has 0 unspecified atom stereocenters. The molecule has 0 saturated carbocycles. The normalized spacial score (nSPS) is 10.8. The van der Waals surface area contributed by atoms with E-state index in [4.69, 9.17) is 5.26 Å². The van der Waals surface area contributed by atoms with Gasteiger partial charge in [-0.3, -0.25) is 4.79 Å². The zero-order chi connectivity index (χ0) is 13.8. The lowest BCUT2D eigenvalue weighted by molar-refractivity contribution is -0.121. The van der Waals surface area contributed by atoms with Gasteiger partial charge in [0.05, 0.1) is 11.2 Å². The van der Waals surface area contributed by atoms with Crippen LogP contribution in [0, 0.1) is 17.1 Å². The Morgan fingerprint density at radius 1 is 1.50 bits per heavy atom. The fourth-order valence-electron chi connectivity index (χ4n) is 1.54. The van der Waals surface area contributed by atoms with Crippen molar-refractivity contribution in [1.82, 2.24) is 5.32 Å². The highest BCUT2D eigenvalue weighted by atomic mass is 19.1. The van der Waals surface area contributed by atoms with Crippen LogP contribution in [0.25, 0.3) is 0 Å². The van der Waals surface area contributed by atoms with Gasteiger partial charge in [-0.2, -0.15) is 5.26 Å². The maximum atomic E-state index is 13.4. The van der Waals surface area contributed by atoms with Crippen LogP contribution in [0.3, 0.4) is 0 Å². The van der Waals surface area contributed by atoms with Crippen LogP contribution in [0.15, 0.2) is 18.2 Å². The number of hydrogen-bond acceptors (Lipinski definition) is 3. The van der Waals surface area contributed by atoms with Crippen molar-refractivity contribution in [1.29, 1.82) is 5.26 Å². The number of halogens is 1. The number of nitrogens with zero attached hydrogens (tertiary/aromatic N) is 1. The highest BCUT2D eigenvalue weighted by Crippen LogP contribution is 2.19. The molecular formula is C13H16FN3O. The molecule has 18 heavy (non-hydrogen) atoms. The second-order valence-corrected chi connectivity index (χ2v) is 4.38. The Morgan fingerprint density at radius 2 is 2.17 bits per heavy atom. The predicted octanol–water partition coefficient (Wildman–Crippen LogP) is 2.02. The Hall–Kier alpha value is -1.93. The van der Waals surface area contributed by atoms with Crippen LogP contribution in [0.4, 0.5) is 10.1 Å². The van der Waals surface area contributed by atoms with E-state index in [1.54, 1.807) is 19.9 Å². The van der Waals surface area contributed by atoms with Gasteiger partial charge in [-0.05, 0) is 32.5 Å². The molecule has 0 aliphatic rings. The highest BCUT2D eigenvalue weighted by Gasteiger charge is 2.27. The first-order valence-corrected chi connectivity index (χ1v) is 5.67. The number of hydrogen-bond donors (Lipinski definition) is 2. The van der Waals surface area contributed by atoms with E-state index in [0.29, 0.717) is 6.54 Å². The molecule has 1 amide bonds. The van der Waals surface area contributed by atoms with Gasteiger partial charge in [0.25, 0.3) is 0 Å². The summed E-state index contributed by atoms with van der Waals surface area (Å²) in [6, 6.07) is 5.88.